The molecule has 0 spiro atoms. The third-order valence-corrected chi connectivity index (χ3v) is 5.02. The summed E-state index contributed by atoms with van der Waals surface area (Å²) in [6, 6.07) is 8.00. The van der Waals surface area contributed by atoms with Crippen molar-refractivity contribution in [2.24, 2.45) is 5.92 Å². The lowest BCUT2D eigenvalue weighted by Crippen LogP contribution is -2.48. The molecule has 1 N–H and O–H groups in total. The summed E-state index contributed by atoms with van der Waals surface area (Å²) in [5, 5.41) is 4.12. The van der Waals surface area contributed by atoms with E-state index in [2.05, 4.69) is 11.4 Å². The molecule has 1 saturated heterocycles. The van der Waals surface area contributed by atoms with E-state index in [0.717, 1.165) is 42.6 Å². The van der Waals surface area contributed by atoms with Crippen molar-refractivity contribution >= 4 is 29.9 Å². The molecule has 1 aliphatic heterocycles. The molecule has 0 radical (unpaired) electrons. The first-order chi connectivity index (χ1) is 10.2. The lowest BCUT2D eigenvalue weighted by Gasteiger charge is -2.37. The summed E-state index contributed by atoms with van der Waals surface area (Å²) in [7, 11) is 0. The third-order valence-electron chi connectivity index (χ3n) is 4.79. The van der Waals surface area contributed by atoms with Crippen molar-refractivity contribution < 1.29 is 4.79 Å². The van der Waals surface area contributed by atoms with Gasteiger partial charge >= 0.3 is 0 Å². The van der Waals surface area contributed by atoms with Crippen molar-refractivity contribution in [3.63, 3.8) is 0 Å². The molecule has 1 aromatic rings. The second kappa shape index (κ2) is 8.19. The Hall–Kier alpha value is -0.770. The maximum Gasteiger partial charge on any atom is 0.223 e. The zero-order valence-corrected chi connectivity index (χ0v) is 14.3. The van der Waals surface area contributed by atoms with Crippen LogP contribution in [0.5, 0.6) is 0 Å². The van der Waals surface area contributed by atoms with Crippen LogP contribution in [-0.4, -0.2) is 30.4 Å². The van der Waals surface area contributed by atoms with Crippen LogP contribution in [0, 0.1) is 5.92 Å². The predicted octanol–water partition coefficient (Wildman–Crippen LogP) is 3.82. The molecule has 3 rings (SSSR count). The zero-order chi connectivity index (χ0) is 14.7. The van der Waals surface area contributed by atoms with Crippen LogP contribution in [0.15, 0.2) is 24.3 Å². The molecule has 1 heterocycles. The van der Waals surface area contributed by atoms with Crippen molar-refractivity contribution in [3.05, 3.63) is 34.9 Å². The Balaban J connectivity index is 0.00000176. The number of carbonyl (C=O) groups is 1. The third kappa shape index (κ3) is 4.15. The number of piperazine rings is 1. The summed E-state index contributed by atoms with van der Waals surface area (Å²) in [5.74, 6) is 1.09. The van der Waals surface area contributed by atoms with E-state index < -0.39 is 0 Å². The summed E-state index contributed by atoms with van der Waals surface area (Å²) in [5.41, 5.74) is 1.13. The van der Waals surface area contributed by atoms with Gasteiger partial charge in [0.05, 0.1) is 6.04 Å². The van der Waals surface area contributed by atoms with E-state index >= 15 is 0 Å². The highest BCUT2D eigenvalue weighted by molar-refractivity contribution is 6.30. The minimum absolute atomic E-state index is 0. The number of amides is 1. The summed E-state index contributed by atoms with van der Waals surface area (Å²) < 4.78 is 0. The van der Waals surface area contributed by atoms with Gasteiger partial charge in [-0.1, -0.05) is 43.0 Å². The van der Waals surface area contributed by atoms with Gasteiger partial charge in [0.15, 0.2) is 0 Å². The summed E-state index contributed by atoms with van der Waals surface area (Å²) >= 11 is 6.10. The van der Waals surface area contributed by atoms with Crippen LogP contribution in [0.4, 0.5) is 0 Å². The first-order valence-electron chi connectivity index (χ1n) is 7.99. The van der Waals surface area contributed by atoms with E-state index in [-0.39, 0.29) is 18.4 Å². The summed E-state index contributed by atoms with van der Waals surface area (Å²) in [6.45, 7) is 2.49. The maximum atomic E-state index is 12.6. The number of hydrogen-bond acceptors (Lipinski definition) is 2. The fourth-order valence-corrected chi connectivity index (χ4v) is 3.47. The van der Waals surface area contributed by atoms with Gasteiger partial charge in [-0.2, -0.15) is 0 Å². The first kappa shape index (κ1) is 17.6. The van der Waals surface area contributed by atoms with Gasteiger partial charge in [0.25, 0.3) is 0 Å². The Bertz CT molecular complexity index is 505. The van der Waals surface area contributed by atoms with Gasteiger partial charge in [-0.3, -0.25) is 4.79 Å². The molecule has 5 heteroatoms. The second-order valence-corrected chi connectivity index (χ2v) is 6.63. The highest BCUT2D eigenvalue weighted by Gasteiger charge is 2.28. The van der Waals surface area contributed by atoms with Crippen LogP contribution in [0.25, 0.3) is 0 Å². The molecule has 1 amide bonds. The molecular weight excluding hydrogens is 319 g/mol. The molecule has 1 aliphatic carbocycles. The van der Waals surface area contributed by atoms with Crippen molar-refractivity contribution in [2.75, 3.05) is 19.6 Å². The van der Waals surface area contributed by atoms with Crippen molar-refractivity contribution in [1.29, 1.82) is 0 Å². The Morgan fingerprint density at radius 3 is 2.86 bits per heavy atom. The van der Waals surface area contributed by atoms with Crippen LogP contribution in [0.1, 0.15) is 43.7 Å². The molecule has 1 unspecified atom stereocenters. The number of nitrogens with zero attached hydrogens (tertiary/aromatic N) is 1. The van der Waals surface area contributed by atoms with E-state index in [1.807, 2.05) is 23.1 Å². The highest BCUT2D eigenvalue weighted by atomic mass is 35.5. The molecule has 1 saturated carbocycles. The maximum absolute atomic E-state index is 12.6. The lowest BCUT2D eigenvalue weighted by molar-refractivity contribution is -0.135. The van der Waals surface area contributed by atoms with Gasteiger partial charge in [0, 0.05) is 31.1 Å². The van der Waals surface area contributed by atoms with Crippen LogP contribution in [0.2, 0.25) is 5.02 Å². The van der Waals surface area contributed by atoms with E-state index in [4.69, 9.17) is 11.6 Å². The topological polar surface area (TPSA) is 32.3 Å². The molecule has 122 valence electrons. The van der Waals surface area contributed by atoms with E-state index in [1.54, 1.807) is 0 Å². The van der Waals surface area contributed by atoms with Gasteiger partial charge in [-0.05, 0) is 30.0 Å². The number of nitrogens with one attached hydrogen (secondary N) is 1. The molecule has 22 heavy (non-hydrogen) atoms. The van der Waals surface area contributed by atoms with Gasteiger partial charge in [0.2, 0.25) is 5.91 Å². The minimum atomic E-state index is 0. The Kier molecular flexibility index (Phi) is 6.54. The smallest absolute Gasteiger partial charge is 0.223 e. The van der Waals surface area contributed by atoms with Crippen LogP contribution in [0.3, 0.4) is 0 Å². The molecule has 2 fully saturated rings. The predicted molar refractivity (Wildman–Crippen MR) is 92.6 cm³/mol. The molecule has 2 aliphatic rings. The number of halogens is 2. The van der Waals surface area contributed by atoms with Crippen molar-refractivity contribution in [3.8, 4) is 0 Å². The fourth-order valence-electron chi connectivity index (χ4n) is 3.27. The van der Waals surface area contributed by atoms with Crippen molar-refractivity contribution in [1.82, 2.24) is 10.2 Å². The quantitative estimate of drug-likeness (QED) is 0.902. The molecule has 3 nitrogen and oxygen atoms in total. The summed E-state index contributed by atoms with van der Waals surface area (Å²) in [6.07, 6.45) is 5.73. The lowest BCUT2D eigenvalue weighted by atomic mass is 9.82. The SMILES string of the molecule is Cl.O=C(CCC1CCC1)N1CCNCC1c1cccc(Cl)c1. The minimum Gasteiger partial charge on any atom is -0.333 e. The standard InChI is InChI=1S/C17H23ClN2O.ClH/c18-15-6-2-5-14(11-15)16-12-19-9-10-20(16)17(21)8-7-13-3-1-4-13;/h2,5-6,11,13,16,19H,1,3-4,7-10,12H2;1H. The number of hydrogen-bond donors (Lipinski definition) is 1. The molecule has 0 bridgehead atoms. The molecular formula is C17H24Cl2N2O. The van der Waals surface area contributed by atoms with E-state index in [9.17, 15) is 4.79 Å². The van der Waals surface area contributed by atoms with Crippen LogP contribution in [-0.2, 0) is 4.79 Å². The first-order valence-corrected chi connectivity index (χ1v) is 8.37. The monoisotopic (exact) mass is 342 g/mol. The number of rotatable bonds is 4. The Labute approximate surface area is 143 Å². The Morgan fingerprint density at radius 2 is 2.18 bits per heavy atom. The number of benzene rings is 1. The average Bonchev–Trinajstić information content (AvgIpc) is 2.45. The zero-order valence-electron chi connectivity index (χ0n) is 12.8. The summed E-state index contributed by atoms with van der Waals surface area (Å²) in [4.78, 5) is 14.6. The number of carbonyl (C=O) groups excluding carboxylic acids is 1. The molecule has 1 aromatic carbocycles. The van der Waals surface area contributed by atoms with Gasteiger partial charge < -0.3 is 10.2 Å². The van der Waals surface area contributed by atoms with Gasteiger partial charge in [-0.15, -0.1) is 12.4 Å². The van der Waals surface area contributed by atoms with Crippen LogP contribution >= 0.6 is 24.0 Å². The van der Waals surface area contributed by atoms with Gasteiger partial charge in [0.1, 0.15) is 0 Å². The largest absolute Gasteiger partial charge is 0.333 e. The van der Waals surface area contributed by atoms with Crippen LogP contribution < -0.4 is 5.32 Å². The fraction of sp³-hybridized carbons (Fsp3) is 0.588. The normalized spacial score (nSPS) is 21.9. The molecule has 0 aromatic heterocycles. The van der Waals surface area contributed by atoms with E-state index in [1.165, 1.54) is 19.3 Å². The second-order valence-electron chi connectivity index (χ2n) is 6.20. The average molecular weight is 343 g/mol. The van der Waals surface area contributed by atoms with Crippen molar-refractivity contribution in [2.45, 2.75) is 38.1 Å². The Morgan fingerprint density at radius 1 is 1.36 bits per heavy atom. The molecule has 1 atom stereocenters. The van der Waals surface area contributed by atoms with E-state index in [0.29, 0.717) is 12.3 Å². The van der Waals surface area contributed by atoms with Gasteiger partial charge in [-0.25, -0.2) is 0 Å². The highest BCUT2D eigenvalue weighted by Crippen LogP contribution is 2.31.